The van der Waals surface area contributed by atoms with Gasteiger partial charge in [-0.1, -0.05) is 12.1 Å². The van der Waals surface area contributed by atoms with Crippen LogP contribution >= 0.6 is 11.8 Å². The van der Waals surface area contributed by atoms with E-state index in [0.29, 0.717) is 0 Å². The van der Waals surface area contributed by atoms with Gasteiger partial charge in [-0.15, -0.1) is 5.10 Å². The third-order valence-electron chi connectivity index (χ3n) is 2.87. The fraction of sp³-hybridized carbons (Fsp3) is 0.200. The van der Waals surface area contributed by atoms with Crippen LogP contribution in [-0.2, 0) is 14.3 Å². The molecule has 0 saturated carbocycles. The number of halogens is 4. The second-order valence-electron chi connectivity index (χ2n) is 4.74. The van der Waals surface area contributed by atoms with Crippen LogP contribution in [0.2, 0.25) is 0 Å². The number of ether oxygens (including phenoxy) is 2. The first kappa shape index (κ1) is 20.4. The maximum absolute atomic E-state index is 13.1. The average molecular weight is 405 g/mol. The van der Waals surface area contributed by atoms with E-state index in [1.807, 2.05) is 0 Å². The Kier molecular flexibility index (Phi) is 6.55. The molecule has 1 N–H and O–H groups in total. The van der Waals surface area contributed by atoms with Crippen molar-refractivity contribution in [1.29, 1.82) is 0 Å². The van der Waals surface area contributed by atoms with Gasteiger partial charge in [-0.3, -0.25) is 10.1 Å². The molecule has 27 heavy (non-hydrogen) atoms. The number of amidine groups is 1. The SMILES string of the molecule is COC(=O)/C=C1/S/C(=N\N=Cc2ccccc2OC(F)(F)C(F)F)NC1=O. The summed E-state index contributed by atoms with van der Waals surface area (Å²) in [7, 11) is 1.15. The van der Waals surface area contributed by atoms with Gasteiger partial charge in [-0.25, -0.2) is 4.79 Å². The molecule has 12 heteroatoms. The second-order valence-corrected chi connectivity index (χ2v) is 5.77. The molecule has 0 aliphatic carbocycles. The fourth-order valence-corrected chi connectivity index (χ4v) is 2.39. The molecule has 1 aromatic rings. The Balaban J connectivity index is 2.13. The summed E-state index contributed by atoms with van der Waals surface area (Å²) in [6, 6.07) is 5.12. The molecule has 0 spiro atoms. The maximum atomic E-state index is 13.1. The largest absolute Gasteiger partial charge is 0.466 e. The number of nitrogens with one attached hydrogen (secondary N) is 1. The lowest BCUT2D eigenvalue weighted by molar-refractivity contribution is -0.253. The smallest absolute Gasteiger partial charge is 0.461 e. The molecule has 0 radical (unpaired) electrons. The number of esters is 1. The van der Waals surface area contributed by atoms with E-state index in [1.54, 1.807) is 0 Å². The maximum Gasteiger partial charge on any atom is 0.461 e. The van der Waals surface area contributed by atoms with Crippen molar-refractivity contribution in [2.24, 2.45) is 10.2 Å². The lowest BCUT2D eigenvalue weighted by atomic mass is 10.2. The van der Waals surface area contributed by atoms with Gasteiger partial charge in [0, 0.05) is 11.6 Å². The van der Waals surface area contributed by atoms with Gasteiger partial charge >= 0.3 is 18.5 Å². The van der Waals surface area contributed by atoms with Crippen LogP contribution < -0.4 is 10.1 Å². The Hall–Kier alpha value is -2.89. The molecule has 7 nitrogen and oxygen atoms in total. The van der Waals surface area contributed by atoms with Crippen LogP contribution in [0.5, 0.6) is 5.75 Å². The number of methoxy groups -OCH3 is 1. The summed E-state index contributed by atoms with van der Waals surface area (Å²) < 4.78 is 59.1. The molecule has 1 heterocycles. The van der Waals surface area contributed by atoms with Gasteiger partial charge in [-0.05, 0) is 23.9 Å². The number of benzene rings is 1. The van der Waals surface area contributed by atoms with Crippen LogP contribution in [0.3, 0.4) is 0 Å². The molecule has 1 aromatic carbocycles. The van der Waals surface area contributed by atoms with Crippen molar-refractivity contribution in [2.45, 2.75) is 12.5 Å². The first-order valence-electron chi connectivity index (χ1n) is 7.07. The fourth-order valence-electron chi connectivity index (χ4n) is 1.66. The minimum Gasteiger partial charge on any atom is -0.466 e. The van der Waals surface area contributed by atoms with Crippen molar-refractivity contribution in [2.75, 3.05) is 7.11 Å². The van der Waals surface area contributed by atoms with E-state index >= 15 is 0 Å². The lowest BCUT2D eigenvalue weighted by Crippen LogP contribution is -2.33. The number of amides is 1. The highest BCUT2D eigenvalue weighted by Gasteiger charge is 2.44. The number of carbonyl (C=O) groups is 2. The Morgan fingerprint density at radius 1 is 1.33 bits per heavy atom. The molecule has 0 aromatic heterocycles. The molecule has 1 amide bonds. The molecule has 0 unspecified atom stereocenters. The third kappa shape index (κ3) is 5.54. The number of nitrogens with zero attached hydrogens (tertiary/aromatic N) is 2. The van der Waals surface area contributed by atoms with Gasteiger partial charge in [0.1, 0.15) is 5.75 Å². The van der Waals surface area contributed by atoms with Crippen molar-refractivity contribution in [1.82, 2.24) is 5.32 Å². The van der Waals surface area contributed by atoms with E-state index in [9.17, 15) is 27.2 Å². The quantitative estimate of drug-likeness (QED) is 0.258. The monoisotopic (exact) mass is 405 g/mol. The van der Waals surface area contributed by atoms with Crippen LogP contribution in [0.25, 0.3) is 0 Å². The third-order valence-corrected chi connectivity index (χ3v) is 3.77. The van der Waals surface area contributed by atoms with E-state index < -0.39 is 30.2 Å². The van der Waals surface area contributed by atoms with E-state index in [2.05, 4.69) is 25.0 Å². The van der Waals surface area contributed by atoms with Gasteiger partial charge in [-0.2, -0.15) is 22.7 Å². The summed E-state index contributed by atoms with van der Waals surface area (Å²) in [5.74, 6) is -1.86. The van der Waals surface area contributed by atoms with E-state index in [0.717, 1.165) is 37.2 Å². The number of thioether (sulfide) groups is 1. The summed E-state index contributed by atoms with van der Waals surface area (Å²) in [5.41, 5.74) is -0.0400. The summed E-state index contributed by atoms with van der Waals surface area (Å²) in [4.78, 5) is 22.8. The zero-order chi connectivity index (χ0) is 20.0. The van der Waals surface area contributed by atoms with E-state index in [-0.39, 0.29) is 15.6 Å². The number of rotatable bonds is 6. The Bertz CT molecular complexity index is 827. The highest BCUT2D eigenvalue weighted by atomic mass is 32.2. The van der Waals surface area contributed by atoms with Gasteiger partial charge in [0.05, 0.1) is 18.2 Å². The van der Waals surface area contributed by atoms with E-state index in [4.69, 9.17) is 0 Å². The number of para-hydroxylation sites is 1. The Morgan fingerprint density at radius 3 is 2.70 bits per heavy atom. The van der Waals surface area contributed by atoms with Gasteiger partial charge in [0.15, 0.2) is 5.17 Å². The molecule has 144 valence electrons. The van der Waals surface area contributed by atoms with Crippen LogP contribution in [0.1, 0.15) is 5.56 Å². The van der Waals surface area contributed by atoms with Crippen molar-refractivity contribution < 1.29 is 36.6 Å². The second kappa shape index (κ2) is 8.66. The number of carbonyl (C=O) groups excluding carboxylic acids is 2. The molecule has 1 aliphatic rings. The molecular formula is C15H11F4N3O4S. The van der Waals surface area contributed by atoms with Crippen LogP contribution in [0.4, 0.5) is 17.6 Å². The standard InChI is InChI=1S/C15H11F4N3O4S/c1-25-11(23)6-10-12(24)21-14(27-10)22-20-7-8-4-2-3-5-9(8)26-15(18,19)13(16)17/h2-7,13H,1H3,(H,21,22,24)/b10-6+,20-7?. The predicted octanol–water partition coefficient (Wildman–Crippen LogP) is 2.53. The number of hydrogen-bond acceptors (Lipinski definition) is 7. The van der Waals surface area contributed by atoms with Gasteiger partial charge in [0.2, 0.25) is 0 Å². The van der Waals surface area contributed by atoms with Gasteiger partial charge < -0.3 is 9.47 Å². The molecule has 1 aliphatic heterocycles. The van der Waals surface area contributed by atoms with E-state index in [1.165, 1.54) is 18.2 Å². The summed E-state index contributed by atoms with van der Waals surface area (Å²) in [5, 5.41) is 9.59. The molecule has 1 saturated heterocycles. The molecule has 1 fully saturated rings. The minimum absolute atomic E-state index is 0.0164. The molecular weight excluding hydrogens is 394 g/mol. The normalized spacial score (nSPS) is 17.8. The zero-order valence-electron chi connectivity index (χ0n) is 13.5. The van der Waals surface area contributed by atoms with Crippen LogP contribution in [0, 0.1) is 0 Å². The van der Waals surface area contributed by atoms with Crippen LogP contribution in [0.15, 0.2) is 45.4 Å². The Morgan fingerprint density at radius 2 is 2.04 bits per heavy atom. The molecule has 0 bridgehead atoms. The van der Waals surface area contributed by atoms with Crippen LogP contribution in [-0.4, -0.2) is 42.9 Å². The zero-order valence-corrected chi connectivity index (χ0v) is 14.3. The lowest BCUT2D eigenvalue weighted by Gasteiger charge is -2.17. The molecule has 2 rings (SSSR count). The first-order chi connectivity index (χ1) is 12.7. The summed E-state index contributed by atoms with van der Waals surface area (Å²) in [6.45, 7) is 0. The number of alkyl halides is 4. The van der Waals surface area contributed by atoms with Crippen molar-refractivity contribution >= 4 is 35.0 Å². The highest BCUT2D eigenvalue weighted by Crippen LogP contribution is 2.29. The minimum atomic E-state index is -4.67. The Labute approximate surface area is 154 Å². The predicted molar refractivity (Wildman–Crippen MR) is 88.9 cm³/mol. The van der Waals surface area contributed by atoms with Crippen molar-refractivity contribution in [3.05, 3.63) is 40.8 Å². The topological polar surface area (TPSA) is 89.3 Å². The van der Waals surface area contributed by atoms with Crippen molar-refractivity contribution in [3.63, 3.8) is 0 Å². The molecule has 0 atom stereocenters. The highest BCUT2D eigenvalue weighted by molar-refractivity contribution is 8.18. The summed E-state index contributed by atoms with van der Waals surface area (Å²) >= 11 is 0.801. The van der Waals surface area contributed by atoms with Crippen molar-refractivity contribution in [3.8, 4) is 5.75 Å². The first-order valence-corrected chi connectivity index (χ1v) is 7.88. The average Bonchev–Trinajstić information content (AvgIpc) is 2.95. The van der Waals surface area contributed by atoms with Gasteiger partial charge in [0.25, 0.3) is 5.91 Å². The summed E-state index contributed by atoms with van der Waals surface area (Å²) in [6.07, 6.45) is -6.73. The number of hydrogen-bond donors (Lipinski definition) is 1.